The number of rotatable bonds is 6. The van der Waals surface area contributed by atoms with Crippen molar-refractivity contribution >= 4 is 11.6 Å². The number of carbonyl (C=O) groups is 1. The number of amides is 1. The monoisotopic (exact) mass is 381 g/mol. The summed E-state index contributed by atoms with van der Waals surface area (Å²) in [4.78, 5) is 13.0. The number of hydrogen-bond acceptors (Lipinski definition) is 3. The van der Waals surface area contributed by atoms with Crippen LogP contribution in [-0.2, 0) is 14.9 Å². The number of hydrogen-bond donors (Lipinski definition) is 1. The summed E-state index contributed by atoms with van der Waals surface area (Å²) in [6, 6.07) is 16.1. The molecule has 1 saturated heterocycles. The Labute approximate surface area is 168 Å². The predicted molar refractivity (Wildman–Crippen MR) is 113 cm³/mol. The third-order valence-electron chi connectivity index (χ3n) is 5.78. The highest BCUT2D eigenvalue weighted by Gasteiger charge is 2.41. The predicted octanol–water partition coefficient (Wildman–Crippen LogP) is 5.11. The standard InChI is InChI=1S/C24H31NO3/c1-17(2)22-15-24(13-14-28-22,19-7-5-18(3)6-8-19)16-23(26)25-20-9-11-21(27-4)12-10-20/h5-12,17,22H,13-16H2,1-4H3,(H,25,26)/t22-,24+/m0/s1. The first-order chi connectivity index (χ1) is 13.4. The molecule has 2 atom stereocenters. The smallest absolute Gasteiger partial charge is 0.225 e. The van der Waals surface area contributed by atoms with Gasteiger partial charge in [0.15, 0.2) is 0 Å². The highest BCUT2D eigenvalue weighted by Crippen LogP contribution is 2.42. The van der Waals surface area contributed by atoms with Crippen molar-refractivity contribution in [3.05, 3.63) is 59.7 Å². The van der Waals surface area contributed by atoms with Crippen LogP contribution in [-0.4, -0.2) is 25.7 Å². The van der Waals surface area contributed by atoms with Crippen molar-refractivity contribution in [3.8, 4) is 5.75 Å². The lowest BCUT2D eigenvalue weighted by Gasteiger charge is -2.42. The van der Waals surface area contributed by atoms with Gasteiger partial charge in [0.2, 0.25) is 5.91 Å². The van der Waals surface area contributed by atoms with Crippen LogP contribution in [0.15, 0.2) is 48.5 Å². The Bertz CT molecular complexity index is 783. The van der Waals surface area contributed by atoms with Gasteiger partial charge in [0.25, 0.3) is 0 Å². The van der Waals surface area contributed by atoms with Crippen LogP contribution in [0.5, 0.6) is 5.75 Å². The first-order valence-corrected chi connectivity index (χ1v) is 10.0. The molecular weight excluding hydrogens is 350 g/mol. The van der Waals surface area contributed by atoms with Gasteiger partial charge in [0.1, 0.15) is 5.75 Å². The molecule has 2 aromatic carbocycles. The van der Waals surface area contributed by atoms with Crippen LogP contribution >= 0.6 is 0 Å². The molecule has 3 rings (SSSR count). The molecule has 0 bridgehead atoms. The summed E-state index contributed by atoms with van der Waals surface area (Å²) in [6.07, 6.45) is 2.34. The summed E-state index contributed by atoms with van der Waals surface area (Å²) in [7, 11) is 1.63. The highest BCUT2D eigenvalue weighted by atomic mass is 16.5. The molecule has 4 nitrogen and oxygen atoms in total. The van der Waals surface area contributed by atoms with E-state index in [2.05, 4.69) is 50.4 Å². The number of carbonyl (C=O) groups excluding carboxylic acids is 1. The quantitative estimate of drug-likeness (QED) is 0.757. The average Bonchev–Trinajstić information content (AvgIpc) is 2.69. The summed E-state index contributed by atoms with van der Waals surface area (Å²) >= 11 is 0. The third kappa shape index (κ3) is 4.74. The van der Waals surface area contributed by atoms with E-state index in [0.29, 0.717) is 18.9 Å². The molecule has 1 heterocycles. The Morgan fingerprint density at radius 3 is 2.46 bits per heavy atom. The van der Waals surface area contributed by atoms with Crippen LogP contribution in [0.25, 0.3) is 0 Å². The van der Waals surface area contributed by atoms with Gasteiger partial charge in [-0.15, -0.1) is 0 Å². The van der Waals surface area contributed by atoms with Crippen molar-refractivity contribution < 1.29 is 14.3 Å². The molecule has 1 aliphatic heterocycles. The van der Waals surface area contributed by atoms with E-state index < -0.39 is 0 Å². The first-order valence-electron chi connectivity index (χ1n) is 10.0. The van der Waals surface area contributed by atoms with E-state index in [-0.39, 0.29) is 17.4 Å². The summed E-state index contributed by atoms with van der Waals surface area (Å²) in [5.74, 6) is 1.24. The number of benzene rings is 2. The molecule has 1 N–H and O–H groups in total. The summed E-state index contributed by atoms with van der Waals surface area (Å²) < 4.78 is 11.2. The second kappa shape index (κ2) is 8.78. The molecule has 1 amide bonds. The molecule has 0 spiro atoms. The first kappa shape index (κ1) is 20.4. The Kier molecular flexibility index (Phi) is 6.40. The van der Waals surface area contributed by atoms with E-state index in [9.17, 15) is 4.79 Å². The zero-order chi connectivity index (χ0) is 20.1. The number of methoxy groups -OCH3 is 1. The Hall–Kier alpha value is -2.33. The maximum atomic E-state index is 13.0. The molecule has 0 aromatic heterocycles. The van der Waals surface area contributed by atoms with Crippen LogP contribution in [0.1, 0.15) is 44.2 Å². The van der Waals surface area contributed by atoms with Gasteiger partial charge in [-0.2, -0.15) is 0 Å². The minimum Gasteiger partial charge on any atom is -0.497 e. The van der Waals surface area contributed by atoms with Crippen LogP contribution in [0.3, 0.4) is 0 Å². The lowest BCUT2D eigenvalue weighted by atomic mass is 9.68. The highest BCUT2D eigenvalue weighted by molar-refractivity contribution is 5.91. The van der Waals surface area contributed by atoms with E-state index in [0.717, 1.165) is 24.3 Å². The second-order valence-corrected chi connectivity index (χ2v) is 8.21. The number of aryl methyl sites for hydroxylation is 1. The molecule has 0 aliphatic carbocycles. The van der Waals surface area contributed by atoms with E-state index >= 15 is 0 Å². The molecule has 0 radical (unpaired) electrons. The topological polar surface area (TPSA) is 47.6 Å². The normalized spacial score (nSPS) is 22.1. The van der Waals surface area contributed by atoms with Gasteiger partial charge in [0, 0.05) is 24.1 Å². The molecule has 4 heteroatoms. The van der Waals surface area contributed by atoms with Gasteiger partial charge >= 0.3 is 0 Å². The van der Waals surface area contributed by atoms with E-state index in [1.807, 2.05) is 24.3 Å². The van der Waals surface area contributed by atoms with Crippen LogP contribution in [0.2, 0.25) is 0 Å². The summed E-state index contributed by atoms with van der Waals surface area (Å²) in [5.41, 5.74) is 3.06. The van der Waals surface area contributed by atoms with Gasteiger partial charge in [-0.3, -0.25) is 4.79 Å². The van der Waals surface area contributed by atoms with Crippen LogP contribution in [0, 0.1) is 12.8 Å². The molecule has 1 aliphatic rings. The Morgan fingerprint density at radius 1 is 1.18 bits per heavy atom. The summed E-state index contributed by atoms with van der Waals surface area (Å²) in [6.45, 7) is 7.15. The molecule has 28 heavy (non-hydrogen) atoms. The van der Waals surface area contributed by atoms with Gasteiger partial charge in [-0.25, -0.2) is 0 Å². The maximum absolute atomic E-state index is 13.0. The van der Waals surface area contributed by atoms with Crippen LogP contribution in [0.4, 0.5) is 5.69 Å². The van der Waals surface area contributed by atoms with Crippen molar-refractivity contribution in [2.75, 3.05) is 19.0 Å². The summed E-state index contributed by atoms with van der Waals surface area (Å²) in [5, 5.41) is 3.06. The zero-order valence-electron chi connectivity index (χ0n) is 17.3. The molecule has 0 unspecified atom stereocenters. The fourth-order valence-electron chi connectivity index (χ4n) is 4.00. The maximum Gasteiger partial charge on any atom is 0.225 e. The molecule has 2 aromatic rings. The van der Waals surface area contributed by atoms with Gasteiger partial charge in [-0.1, -0.05) is 43.7 Å². The van der Waals surface area contributed by atoms with Crippen molar-refractivity contribution in [1.82, 2.24) is 0 Å². The van der Waals surface area contributed by atoms with Gasteiger partial charge in [-0.05, 0) is 55.5 Å². The lowest BCUT2D eigenvalue weighted by molar-refractivity contribution is -0.119. The lowest BCUT2D eigenvalue weighted by Crippen LogP contribution is -2.43. The van der Waals surface area contributed by atoms with Crippen molar-refractivity contribution in [2.24, 2.45) is 5.92 Å². The second-order valence-electron chi connectivity index (χ2n) is 8.21. The fraction of sp³-hybridized carbons (Fsp3) is 0.458. The van der Waals surface area contributed by atoms with Crippen LogP contribution < -0.4 is 10.1 Å². The minimum atomic E-state index is -0.197. The fourth-order valence-corrected chi connectivity index (χ4v) is 4.00. The largest absolute Gasteiger partial charge is 0.497 e. The van der Waals surface area contributed by atoms with Gasteiger partial charge in [0.05, 0.1) is 13.2 Å². The van der Waals surface area contributed by atoms with Crippen molar-refractivity contribution in [2.45, 2.75) is 51.6 Å². The van der Waals surface area contributed by atoms with E-state index in [4.69, 9.17) is 9.47 Å². The SMILES string of the molecule is COc1ccc(NC(=O)C[C@@]2(c3ccc(C)cc3)CCO[C@H](C(C)C)C2)cc1. The third-order valence-corrected chi connectivity index (χ3v) is 5.78. The van der Waals surface area contributed by atoms with Crippen molar-refractivity contribution in [1.29, 1.82) is 0 Å². The van der Waals surface area contributed by atoms with E-state index in [1.54, 1.807) is 7.11 Å². The zero-order valence-corrected chi connectivity index (χ0v) is 17.3. The van der Waals surface area contributed by atoms with E-state index in [1.165, 1.54) is 11.1 Å². The number of ether oxygens (including phenoxy) is 2. The number of anilines is 1. The van der Waals surface area contributed by atoms with Crippen molar-refractivity contribution in [3.63, 3.8) is 0 Å². The number of nitrogens with one attached hydrogen (secondary N) is 1. The molecule has 150 valence electrons. The molecular formula is C24H31NO3. The Balaban J connectivity index is 1.82. The average molecular weight is 382 g/mol. The molecule has 0 saturated carbocycles. The Morgan fingerprint density at radius 2 is 1.86 bits per heavy atom. The molecule has 1 fully saturated rings. The van der Waals surface area contributed by atoms with Gasteiger partial charge < -0.3 is 14.8 Å². The minimum absolute atomic E-state index is 0.0372.